The third kappa shape index (κ3) is 2.00. The highest BCUT2D eigenvalue weighted by Crippen LogP contribution is 2.26. The molecule has 2 heterocycles. The molecule has 17 heavy (non-hydrogen) atoms. The number of oxazole rings is 1. The van der Waals surface area contributed by atoms with Gasteiger partial charge < -0.3 is 19.0 Å². The molecule has 0 aromatic carbocycles. The quantitative estimate of drug-likeness (QED) is 0.864. The Morgan fingerprint density at radius 2 is 1.88 bits per heavy atom. The summed E-state index contributed by atoms with van der Waals surface area (Å²) in [6, 6.07) is 2.77. The van der Waals surface area contributed by atoms with E-state index in [1.54, 1.807) is 0 Å². The molecule has 0 aliphatic rings. The van der Waals surface area contributed by atoms with E-state index in [4.69, 9.17) is 30.6 Å². The van der Waals surface area contributed by atoms with Gasteiger partial charge in [-0.15, -0.1) is 0 Å². The molecule has 2 rings (SSSR count). The minimum absolute atomic E-state index is 0.0463. The minimum atomic E-state index is -1.53. The molecule has 2 N–H and O–H groups in total. The number of hydrogen-bond donors (Lipinski definition) is 2. The van der Waals surface area contributed by atoms with Crippen molar-refractivity contribution in [2.24, 2.45) is 0 Å². The Labute approximate surface area is 98.2 Å². The lowest BCUT2D eigenvalue weighted by Gasteiger charge is -1.87. The van der Waals surface area contributed by atoms with E-state index in [9.17, 15) is 9.59 Å². The number of aromatic carboxylic acids is 2. The number of hydrogen-bond acceptors (Lipinski definition) is 5. The Kier molecular flexibility index (Phi) is 2.60. The lowest BCUT2D eigenvalue weighted by Crippen LogP contribution is -2.05. The fourth-order valence-corrected chi connectivity index (χ4v) is 1.29. The highest BCUT2D eigenvalue weighted by atomic mass is 35.5. The summed E-state index contributed by atoms with van der Waals surface area (Å²) in [5, 5.41) is 17.5. The van der Waals surface area contributed by atoms with Gasteiger partial charge in [0.15, 0.2) is 11.0 Å². The molecule has 8 heteroatoms. The van der Waals surface area contributed by atoms with Crippen molar-refractivity contribution < 1.29 is 28.6 Å². The van der Waals surface area contributed by atoms with Crippen LogP contribution in [0.25, 0.3) is 11.7 Å². The summed E-state index contributed by atoms with van der Waals surface area (Å²) in [7, 11) is 0. The first-order chi connectivity index (χ1) is 7.99. The summed E-state index contributed by atoms with van der Waals surface area (Å²) >= 11 is 5.51. The maximum atomic E-state index is 10.7. The Hall–Kier alpha value is -2.28. The van der Waals surface area contributed by atoms with Crippen LogP contribution in [0.5, 0.6) is 0 Å². The van der Waals surface area contributed by atoms with Crippen LogP contribution in [-0.4, -0.2) is 27.1 Å². The normalized spacial score (nSPS) is 10.4. The van der Waals surface area contributed by atoms with Gasteiger partial charge in [0.1, 0.15) is 0 Å². The predicted molar refractivity (Wildman–Crippen MR) is 53.1 cm³/mol. The average Bonchev–Trinajstić information content (AvgIpc) is 2.82. The monoisotopic (exact) mass is 257 g/mol. The second-order valence-corrected chi connectivity index (χ2v) is 3.28. The zero-order valence-electron chi connectivity index (χ0n) is 8.01. The number of furan rings is 1. The van der Waals surface area contributed by atoms with E-state index in [0.29, 0.717) is 0 Å². The minimum Gasteiger partial charge on any atom is -0.476 e. The second-order valence-electron chi connectivity index (χ2n) is 2.91. The number of aromatic nitrogens is 1. The molecule has 0 bridgehead atoms. The SMILES string of the molecule is O=C(O)c1nc(-c2ccc(Cl)o2)oc1C(=O)O. The Balaban J connectivity index is 2.54. The van der Waals surface area contributed by atoms with E-state index < -0.39 is 23.4 Å². The molecule has 0 radical (unpaired) electrons. The summed E-state index contributed by atoms with van der Waals surface area (Å²) in [6.45, 7) is 0. The van der Waals surface area contributed by atoms with Gasteiger partial charge >= 0.3 is 11.9 Å². The van der Waals surface area contributed by atoms with Gasteiger partial charge in [0.2, 0.25) is 11.5 Å². The molecule has 7 nitrogen and oxygen atoms in total. The van der Waals surface area contributed by atoms with Crippen molar-refractivity contribution in [3.8, 4) is 11.7 Å². The lowest BCUT2D eigenvalue weighted by atomic mass is 10.3. The van der Waals surface area contributed by atoms with Gasteiger partial charge in [-0.3, -0.25) is 0 Å². The molecular formula is C9H4ClNO6. The lowest BCUT2D eigenvalue weighted by molar-refractivity contribution is 0.0624. The maximum Gasteiger partial charge on any atom is 0.374 e. The third-order valence-corrected chi connectivity index (χ3v) is 2.01. The number of halogens is 1. The number of nitrogens with zero attached hydrogens (tertiary/aromatic N) is 1. The molecule has 0 atom stereocenters. The van der Waals surface area contributed by atoms with Gasteiger partial charge in [0.05, 0.1) is 0 Å². The van der Waals surface area contributed by atoms with Crippen molar-refractivity contribution in [2.45, 2.75) is 0 Å². The van der Waals surface area contributed by atoms with E-state index >= 15 is 0 Å². The molecule has 0 aliphatic heterocycles. The van der Waals surface area contributed by atoms with Crippen LogP contribution < -0.4 is 0 Å². The first-order valence-corrected chi connectivity index (χ1v) is 4.60. The van der Waals surface area contributed by atoms with Crippen LogP contribution in [0, 0.1) is 0 Å². The second kappa shape index (κ2) is 3.95. The van der Waals surface area contributed by atoms with E-state index in [0.717, 1.165) is 0 Å². The van der Waals surface area contributed by atoms with E-state index in [1.165, 1.54) is 12.1 Å². The van der Waals surface area contributed by atoms with Gasteiger partial charge in [-0.25, -0.2) is 9.59 Å². The molecule has 0 saturated carbocycles. The predicted octanol–water partition coefficient (Wildman–Crippen LogP) is 1.98. The van der Waals surface area contributed by atoms with Crippen LogP contribution in [0.1, 0.15) is 21.0 Å². The molecule has 88 valence electrons. The molecule has 0 spiro atoms. The summed E-state index contributed by atoms with van der Waals surface area (Å²) in [4.78, 5) is 25.0. The van der Waals surface area contributed by atoms with Crippen molar-refractivity contribution in [2.75, 3.05) is 0 Å². The van der Waals surface area contributed by atoms with Gasteiger partial charge in [0, 0.05) is 0 Å². The van der Waals surface area contributed by atoms with Crippen molar-refractivity contribution in [3.63, 3.8) is 0 Å². The van der Waals surface area contributed by atoms with Crippen LogP contribution in [0.2, 0.25) is 5.22 Å². The smallest absolute Gasteiger partial charge is 0.374 e. The molecule has 0 amide bonds. The standard InChI is InChI=1S/C9H4ClNO6/c10-4-2-1-3(16-4)7-11-5(8(12)13)6(17-7)9(14)15/h1-2H,(H,12,13)(H,14,15). The van der Waals surface area contributed by atoms with Crippen LogP contribution >= 0.6 is 11.6 Å². The van der Waals surface area contributed by atoms with Crippen LogP contribution in [0.4, 0.5) is 0 Å². The van der Waals surface area contributed by atoms with Gasteiger partial charge in [0.25, 0.3) is 5.89 Å². The highest BCUT2D eigenvalue weighted by molar-refractivity contribution is 6.28. The van der Waals surface area contributed by atoms with Crippen LogP contribution in [0.3, 0.4) is 0 Å². The summed E-state index contributed by atoms with van der Waals surface area (Å²) < 4.78 is 9.71. The van der Waals surface area contributed by atoms with Crippen molar-refractivity contribution in [3.05, 3.63) is 28.8 Å². The number of carbonyl (C=O) groups is 2. The fourth-order valence-electron chi connectivity index (χ4n) is 1.14. The molecule has 2 aromatic rings. The highest BCUT2D eigenvalue weighted by Gasteiger charge is 2.26. The molecular weight excluding hydrogens is 254 g/mol. The Bertz CT molecular complexity index is 567. The molecule has 0 saturated heterocycles. The average molecular weight is 258 g/mol. The Morgan fingerprint density at radius 1 is 1.18 bits per heavy atom. The number of carboxylic acids is 2. The number of rotatable bonds is 3. The van der Waals surface area contributed by atoms with E-state index in [2.05, 4.69) is 4.98 Å². The molecule has 0 aliphatic carbocycles. The zero-order chi connectivity index (χ0) is 12.6. The molecule has 0 unspecified atom stereocenters. The van der Waals surface area contributed by atoms with Gasteiger partial charge in [-0.2, -0.15) is 4.98 Å². The van der Waals surface area contributed by atoms with Crippen molar-refractivity contribution in [1.82, 2.24) is 4.98 Å². The topological polar surface area (TPSA) is 114 Å². The van der Waals surface area contributed by atoms with E-state index in [-0.39, 0.29) is 16.9 Å². The Morgan fingerprint density at radius 3 is 2.29 bits per heavy atom. The summed E-state index contributed by atoms with van der Waals surface area (Å²) in [5.41, 5.74) is -0.694. The zero-order valence-corrected chi connectivity index (χ0v) is 8.76. The van der Waals surface area contributed by atoms with E-state index in [1.807, 2.05) is 0 Å². The first-order valence-electron chi connectivity index (χ1n) is 4.22. The first kappa shape index (κ1) is 11.2. The maximum absolute atomic E-state index is 10.7. The van der Waals surface area contributed by atoms with Crippen molar-refractivity contribution >= 4 is 23.5 Å². The molecule has 0 fully saturated rings. The van der Waals surface area contributed by atoms with Crippen LogP contribution in [0.15, 0.2) is 21.0 Å². The third-order valence-electron chi connectivity index (χ3n) is 1.81. The molecule has 2 aromatic heterocycles. The summed E-state index contributed by atoms with van der Waals surface area (Å²) in [5.74, 6) is -4.01. The fraction of sp³-hybridized carbons (Fsp3) is 0. The number of carboxylic acid groups (broad SMARTS) is 2. The van der Waals surface area contributed by atoms with Gasteiger partial charge in [-0.05, 0) is 23.7 Å². The largest absolute Gasteiger partial charge is 0.476 e. The van der Waals surface area contributed by atoms with Crippen molar-refractivity contribution in [1.29, 1.82) is 0 Å². The summed E-state index contributed by atoms with van der Waals surface area (Å²) in [6.07, 6.45) is 0. The van der Waals surface area contributed by atoms with Crippen LogP contribution in [-0.2, 0) is 0 Å². The van der Waals surface area contributed by atoms with Gasteiger partial charge in [-0.1, -0.05) is 0 Å².